The molecule has 0 saturated carbocycles. The highest BCUT2D eigenvalue weighted by Crippen LogP contribution is 2.51. The molecule has 0 amide bonds. The number of hydrogen-bond donors (Lipinski definition) is 0. The molecule has 0 unspecified atom stereocenters. The monoisotopic (exact) mass is 335 g/mol. The third kappa shape index (κ3) is 1.73. The number of ether oxygens (including phenoxy) is 4. The Labute approximate surface area is 145 Å². The summed E-state index contributed by atoms with van der Waals surface area (Å²) >= 11 is 0. The van der Waals surface area contributed by atoms with Crippen LogP contribution in [0.4, 0.5) is 0 Å². The van der Waals surface area contributed by atoms with E-state index in [-0.39, 0.29) is 0 Å². The first-order chi connectivity index (χ1) is 12.3. The van der Waals surface area contributed by atoms with Crippen LogP contribution in [0.15, 0.2) is 24.3 Å². The summed E-state index contributed by atoms with van der Waals surface area (Å²) in [5.74, 6) is 3.46. The summed E-state index contributed by atoms with van der Waals surface area (Å²) in [6, 6.07) is 8.49. The van der Waals surface area contributed by atoms with Gasteiger partial charge in [-0.25, -0.2) is 0 Å². The van der Waals surface area contributed by atoms with Crippen LogP contribution in [0.1, 0.15) is 22.3 Å². The molecule has 0 N–H and O–H groups in total. The second kappa shape index (κ2) is 4.63. The van der Waals surface area contributed by atoms with Gasteiger partial charge in [0.2, 0.25) is 13.6 Å². The fourth-order valence-electron chi connectivity index (χ4n) is 4.38. The first-order valence-corrected chi connectivity index (χ1v) is 8.58. The van der Waals surface area contributed by atoms with Crippen molar-refractivity contribution in [3.05, 3.63) is 46.5 Å². The number of hydrogen-bond acceptors (Lipinski definition) is 5. The van der Waals surface area contributed by atoms with E-state index < -0.39 is 0 Å². The van der Waals surface area contributed by atoms with Crippen molar-refractivity contribution in [3.8, 4) is 23.0 Å². The zero-order chi connectivity index (χ0) is 16.5. The Morgan fingerprint density at radius 3 is 2.60 bits per heavy atom. The second-order valence-corrected chi connectivity index (χ2v) is 6.86. The van der Waals surface area contributed by atoms with E-state index in [1.165, 1.54) is 33.5 Å². The fraction of sp³-hybridized carbons (Fsp3) is 0.300. The molecule has 25 heavy (non-hydrogen) atoms. The molecule has 3 aliphatic heterocycles. The van der Waals surface area contributed by atoms with Gasteiger partial charge in [0, 0.05) is 36.8 Å². The summed E-state index contributed by atoms with van der Waals surface area (Å²) in [7, 11) is 2.17. The number of likely N-dealkylation sites (N-methyl/N-ethyl adjacent to an activating group) is 1. The van der Waals surface area contributed by atoms with Gasteiger partial charge >= 0.3 is 0 Å². The van der Waals surface area contributed by atoms with Gasteiger partial charge in [-0.05, 0) is 47.4 Å². The van der Waals surface area contributed by atoms with Gasteiger partial charge < -0.3 is 23.8 Å². The van der Waals surface area contributed by atoms with Gasteiger partial charge in [0.1, 0.15) is 0 Å². The van der Waals surface area contributed by atoms with Crippen LogP contribution in [-0.4, -0.2) is 32.1 Å². The van der Waals surface area contributed by atoms with Gasteiger partial charge in [-0.15, -0.1) is 0 Å². The topological polar surface area (TPSA) is 40.2 Å². The largest absolute Gasteiger partial charge is 0.454 e. The maximum atomic E-state index is 5.76. The zero-order valence-corrected chi connectivity index (χ0v) is 13.9. The van der Waals surface area contributed by atoms with Crippen LogP contribution in [0.3, 0.4) is 0 Å². The van der Waals surface area contributed by atoms with Crippen molar-refractivity contribution in [2.24, 2.45) is 0 Å². The van der Waals surface area contributed by atoms with E-state index in [1.54, 1.807) is 0 Å². The van der Waals surface area contributed by atoms with Crippen molar-refractivity contribution in [1.82, 2.24) is 4.90 Å². The molecule has 1 aliphatic carbocycles. The van der Waals surface area contributed by atoms with E-state index >= 15 is 0 Å². The highest BCUT2D eigenvalue weighted by Gasteiger charge is 2.34. The van der Waals surface area contributed by atoms with Crippen LogP contribution >= 0.6 is 0 Å². The maximum absolute atomic E-state index is 5.76. The van der Waals surface area contributed by atoms with Gasteiger partial charge in [-0.1, -0.05) is 0 Å². The summed E-state index contributed by atoms with van der Waals surface area (Å²) in [5.41, 5.74) is 7.72. The Kier molecular flexibility index (Phi) is 2.49. The second-order valence-electron chi connectivity index (χ2n) is 6.86. The highest BCUT2D eigenvalue weighted by atomic mass is 16.7. The van der Waals surface area contributed by atoms with Gasteiger partial charge in [-0.2, -0.15) is 0 Å². The average molecular weight is 335 g/mol. The summed E-state index contributed by atoms with van der Waals surface area (Å²) < 4.78 is 22.5. The fourth-order valence-corrected chi connectivity index (χ4v) is 4.38. The van der Waals surface area contributed by atoms with Gasteiger partial charge in [-0.3, -0.25) is 0 Å². The summed E-state index contributed by atoms with van der Waals surface area (Å²) in [6.07, 6.45) is 1.85. The molecule has 0 saturated heterocycles. The molecule has 5 nitrogen and oxygen atoms in total. The number of rotatable bonds is 0. The first-order valence-electron chi connectivity index (χ1n) is 8.58. The van der Waals surface area contributed by atoms with Crippen LogP contribution < -0.4 is 18.9 Å². The smallest absolute Gasteiger partial charge is 0.231 e. The van der Waals surface area contributed by atoms with Crippen molar-refractivity contribution < 1.29 is 18.9 Å². The Hall–Kier alpha value is -2.82. The van der Waals surface area contributed by atoms with Crippen molar-refractivity contribution >= 4 is 11.3 Å². The van der Waals surface area contributed by atoms with Crippen LogP contribution in [0.5, 0.6) is 23.0 Å². The van der Waals surface area contributed by atoms with Crippen LogP contribution in [-0.2, 0) is 12.8 Å². The highest BCUT2D eigenvalue weighted by molar-refractivity contribution is 5.99. The van der Waals surface area contributed by atoms with E-state index in [0.29, 0.717) is 13.6 Å². The number of benzene rings is 2. The lowest BCUT2D eigenvalue weighted by atomic mass is 9.95. The number of nitrogens with zero attached hydrogens (tertiary/aromatic N) is 1. The Balaban J connectivity index is 1.57. The number of allylic oxidation sites excluding steroid dienone is 1. The first kappa shape index (κ1) is 13.5. The van der Waals surface area contributed by atoms with E-state index in [4.69, 9.17) is 18.9 Å². The molecule has 6 rings (SSSR count). The van der Waals surface area contributed by atoms with Crippen molar-refractivity contribution in [2.45, 2.75) is 12.8 Å². The lowest BCUT2D eigenvalue weighted by molar-refractivity contribution is 0.173. The normalized spacial score (nSPS) is 18.8. The molecule has 0 aromatic heterocycles. The molecule has 0 bridgehead atoms. The molecule has 4 aliphatic rings. The molecule has 2 aromatic carbocycles. The Morgan fingerprint density at radius 1 is 0.880 bits per heavy atom. The zero-order valence-electron chi connectivity index (χ0n) is 13.9. The average Bonchev–Trinajstić information content (AvgIpc) is 3.32. The minimum atomic E-state index is 0.307. The van der Waals surface area contributed by atoms with E-state index in [2.05, 4.69) is 30.1 Å². The van der Waals surface area contributed by atoms with Gasteiger partial charge in [0.05, 0.1) is 0 Å². The van der Waals surface area contributed by atoms with E-state index in [9.17, 15) is 0 Å². The van der Waals surface area contributed by atoms with Gasteiger partial charge in [0.25, 0.3) is 0 Å². The predicted molar refractivity (Wildman–Crippen MR) is 92.0 cm³/mol. The number of fused-ring (bicyclic) bond motifs is 7. The van der Waals surface area contributed by atoms with Crippen molar-refractivity contribution in [1.29, 1.82) is 0 Å². The standard InChI is InChI=1S/C20H17NO4/c1-21-5-4-11-6-17-18(24-9-23-17)8-13(11)14-7-15-12(19(14)21)2-3-16-20(15)25-10-22-16/h2-3,6,8H,4-5,7,9-10H2,1H3. The lowest BCUT2D eigenvalue weighted by Crippen LogP contribution is -2.18. The Bertz CT molecular complexity index is 963. The minimum Gasteiger partial charge on any atom is -0.454 e. The lowest BCUT2D eigenvalue weighted by Gasteiger charge is -2.21. The SMILES string of the molecule is CN1CCc2cc3c(cc2C2=C1c1ccc4c(c1C2)OCO4)OCO3. The quantitative estimate of drug-likeness (QED) is 0.740. The molecule has 0 spiro atoms. The summed E-state index contributed by atoms with van der Waals surface area (Å²) in [4.78, 5) is 2.36. The molecule has 3 heterocycles. The van der Waals surface area contributed by atoms with Crippen LogP contribution in [0.25, 0.3) is 11.3 Å². The molecule has 5 heteroatoms. The van der Waals surface area contributed by atoms with Crippen LogP contribution in [0, 0.1) is 0 Å². The minimum absolute atomic E-state index is 0.307. The molecule has 0 atom stereocenters. The summed E-state index contributed by atoms with van der Waals surface area (Å²) in [5, 5.41) is 0. The van der Waals surface area contributed by atoms with E-state index in [1.807, 2.05) is 6.07 Å². The van der Waals surface area contributed by atoms with Crippen molar-refractivity contribution in [3.63, 3.8) is 0 Å². The molecular weight excluding hydrogens is 318 g/mol. The van der Waals surface area contributed by atoms with Crippen LogP contribution in [0.2, 0.25) is 0 Å². The third-order valence-electron chi connectivity index (χ3n) is 5.56. The Morgan fingerprint density at radius 2 is 1.68 bits per heavy atom. The molecule has 2 aromatic rings. The summed E-state index contributed by atoms with van der Waals surface area (Å²) in [6.45, 7) is 1.59. The van der Waals surface area contributed by atoms with E-state index in [0.717, 1.165) is 42.4 Å². The third-order valence-corrected chi connectivity index (χ3v) is 5.56. The maximum Gasteiger partial charge on any atom is 0.231 e. The predicted octanol–water partition coefficient (Wildman–Crippen LogP) is 3.06. The van der Waals surface area contributed by atoms with Gasteiger partial charge in [0.15, 0.2) is 23.0 Å². The molecule has 0 fully saturated rings. The molecule has 126 valence electrons. The van der Waals surface area contributed by atoms with Crippen molar-refractivity contribution in [2.75, 3.05) is 27.2 Å². The molecular formula is C20H17NO4. The molecule has 0 radical (unpaired) electrons.